The number of carbonyl (C=O) groups excluding carboxylic acids is 2. The molecular weight excluding hydrogens is 380 g/mol. The summed E-state index contributed by atoms with van der Waals surface area (Å²) >= 11 is 0. The fraction of sp³-hybridized carbons (Fsp3) is 0.130. The van der Waals surface area contributed by atoms with Gasteiger partial charge in [-0.05, 0) is 48.4 Å². The summed E-state index contributed by atoms with van der Waals surface area (Å²) < 4.78 is 4.86. The zero-order chi connectivity index (χ0) is 21.1. The smallest absolute Gasteiger partial charge is 0.338 e. The number of fused-ring (bicyclic) bond motifs is 2. The van der Waals surface area contributed by atoms with Crippen molar-refractivity contribution in [3.05, 3.63) is 72.1 Å². The van der Waals surface area contributed by atoms with E-state index < -0.39 is 17.8 Å². The van der Waals surface area contributed by atoms with Gasteiger partial charge >= 0.3 is 5.97 Å². The molecule has 0 saturated heterocycles. The Hall–Kier alpha value is -4.18. The van der Waals surface area contributed by atoms with Crippen molar-refractivity contribution in [3.63, 3.8) is 0 Å². The molecule has 2 aromatic heterocycles. The Morgan fingerprint density at radius 2 is 2.03 bits per heavy atom. The number of hydrogen-bond acceptors (Lipinski definition) is 5. The standard InChI is InChI=1S/C23H18N4O3/c1-30-23(29)17-5-2-9-20-21(17)15(13-26-20)11-14(12-24)22(28)27-19-8-3-7-18-16(19)6-4-10-25-18/h2-10,13-14,26H,11H2,1H3,(H,27,28)/t14-/m0/s1. The molecular formula is C23H18N4O3. The first-order chi connectivity index (χ1) is 14.6. The first-order valence-corrected chi connectivity index (χ1v) is 9.34. The number of rotatable bonds is 5. The van der Waals surface area contributed by atoms with Gasteiger partial charge in [-0.15, -0.1) is 0 Å². The van der Waals surface area contributed by atoms with Crippen molar-refractivity contribution < 1.29 is 14.3 Å². The van der Waals surface area contributed by atoms with E-state index in [1.54, 1.807) is 42.7 Å². The fourth-order valence-electron chi connectivity index (χ4n) is 3.55. The fourth-order valence-corrected chi connectivity index (χ4v) is 3.55. The minimum Gasteiger partial charge on any atom is -0.465 e. The van der Waals surface area contributed by atoms with Gasteiger partial charge in [-0.3, -0.25) is 9.78 Å². The third kappa shape index (κ3) is 3.47. The highest BCUT2D eigenvalue weighted by atomic mass is 16.5. The van der Waals surface area contributed by atoms with Gasteiger partial charge in [-0.1, -0.05) is 12.1 Å². The summed E-state index contributed by atoms with van der Waals surface area (Å²) in [6.45, 7) is 0. The number of aromatic nitrogens is 2. The maximum Gasteiger partial charge on any atom is 0.338 e. The van der Waals surface area contributed by atoms with Crippen molar-refractivity contribution in [2.75, 3.05) is 12.4 Å². The average molecular weight is 398 g/mol. The largest absolute Gasteiger partial charge is 0.465 e. The van der Waals surface area contributed by atoms with Crippen LogP contribution in [-0.2, 0) is 16.0 Å². The highest BCUT2D eigenvalue weighted by Gasteiger charge is 2.23. The van der Waals surface area contributed by atoms with Crippen LogP contribution in [0.15, 0.2) is 60.9 Å². The van der Waals surface area contributed by atoms with Crippen molar-refractivity contribution in [3.8, 4) is 6.07 Å². The molecule has 4 rings (SSSR count). The van der Waals surface area contributed by atoms with Crippen LogP contribution in [0.2, 0.25) is 0 Å². The van der Waals surface area contributed by atoms with Crippen LogP contribution in [0.25, 0.3) is 21.8 Å². The van der Waals surface area contributed by atoms with Gasteiger partial charge in [0.05, 0.1) is 29.9 Å². The van der Waals surface area contributed by atoms with E-state index in [-0.39, 0.29) is 6.42 Å². The van der Waals surface area contributed by atoms with E-state index in [9.17, 15) is 14.9 Å². The second-order valence-corrected chi connectivity index (χ2v) is 6.78. The summed E-state index contributed by atoms with van der Waals surface area (Å²) in [5.74, 6) is -1.83. The molecule has 30 heavy (non-hydrogen) atoms. The van der Waals surface area contributed by atoms with E-state index in [2.05, 4.69) is 21.4 Å². The second-order valence-electron chi connectivity index (χ2n) is 6.78. The number of methoxy groups -OCH3 is 1. The van der Waals surface area contributed by atoms with Gasteiger partial charge < -0.3 is 15.0 Å². The first kappa shape index (κ1) is 19.2. The van der Waals surface area contributed by atoms with Crippen LogP contribution in [0, 0.1) is 17.2 Å². The molecule has 1 atom stereocenters. The van der Waals surface area contributed by atoms with Gasteiger partial charge in [0.25, 0.3) is 0 Å². The Kier molecular flexibility index (Phi) is 5.14. The molecule has 7 nitrogen and oxygen atoms in total. The molecule has 0 radical (unpaired) electrons. The number of hydrogen-bond donors (Lipinski definition) is 2. The molecule has 0 aliphatic carbocycles. The first-order valence-electron chi connectivity index (χ1n) is 9.34. The number of nitriles is 1. The molecule has 0 saturated carbocycles. The summed E-state index contributed by atoms with van der Waals surface area (Å²) in [5, 5.41) is 14.0. The normalized spacial score (nSPS) is 11.7. The number of carbonyl (C=O) groups is 2. The molecule has 0 aliphatic rings. The highest BCUT2D eigenvalue weighted by Crippen LogP contribution is 2.27. The minimum absolute atomic E-state index is 0.152. The third-order valence-corrected chi connectivity index (χ3v) is 4.99. The highest BCUT2D eigenvalue weighted by molar-refractivity contribution is 6.06. The summed E-state index contributed by atoms with van der Waals surface area (Å²) in [5.41, 5.74) is 3.18. The maximum atomic E-state index is 12.9. The predicted octanol–water partition coefficient (Wildman–Crippen LogP) is 3.82. The Morgan fingerprint density at radius 3 is 2.83 bits per heavy atom. The molecule has 2 N–H and O–H groups in total. The Labute approximate surface area is 172 Å². The molecule has 2 aromatic carbocycles. The number of nitrogens with one attached hydrogen (secondary N) is 2. The van der Waals surface area contributed by atoms with E-state index >= 15 is 0 Å². The van der Waals surface area contributed by atoms with Crippen LogP contribution in [0.5, 0.6) is 0 Å². The van der Waals surface area contributed by atoms with Crippen LogP contribution in [0.3, 0.4) is 0 Å². The summed E-state index contributed by atoms with van der Waals surface area (Å²) in [6, 6.07) is 16.4. The summed E-state index contributed by atoms with van der Waals surface area (Å²) in [6.07, 6.45) is 3.55. The quantitative estimate of drug-likeness (QED) is 0.497. The molecule has 0 fully saturated rings. The van der Waals surface area contributed by atoms with Gasteiger partial charge in [0.15, 0.2) is 0 Å². The maximum absolute atomic E-state index is 12.9. The van der Waals surface area contributed by atoms with Crippen molar-refractivity contribution in [1.29, 1.82) is 5.26 Å². The number of anilines is 1. The lowest BCUT2D eigenvalue weighted by Crippen LogP contribution is -2.23. The van der Waals surface area contributed by atoms with Crippen LogP contribution < -0.4 is 5.32 Å². The molecule has 1 amide bonds. The molecule has 148 valence electrons. The van der Waals surface area contributed by atoms with E-state index in [1.165, 1.54) is 7.11 Å². The van der Waals surface area contributed by atoms with Crippen molar-refractivity contribution >= 4 is 39.4 Å². The topological polar surface area (TPSA) is 108 Å². The number of amides is 1. The number of esters is 1. The average Bonchev–Trinajstić information content (AvgIpc) is 3.20. The number of aromatic amines is 1. The van der Waals surface area contributed by atoms with Gasteiger partial charge in [-0.25, -0.2) is 4.79 Å². The lowest BCUT2D eigenvalue weighted by molar-refractivity contribution is -0.118. The van der Waals surface area contributed by atoms with Crippen LogP contribution in [0.4, 0.5) is 5.69 Å². The van der Waals surface area contributed by atoms with Gasteiger partial charge in [0, 0.05) is 28.7 Å². The molecule has 0 aliphatic heterocycles. The predicted molar refractivity (Wildman–Crippen MR) is 113 cm³/mol. The van der Waals surface area contributed by atoms with Crippen molar-refractivity contribution in [2.45, 2.75) is 6.42 Å². The van der Waals surface area contributed by atoms with Crippen molar-refractivity contribution in [1.82, 2.24) is 9.97 Å². The Balaban J connectivity index is 1.63. The van der Waals surface area contributed by atoms with E-state index in [4.69, 9.17) is 4.74 Å². The number of H-pyrrole nitrogens is 1. The second kappa shape index (κ2) is 8.05. The SMILES string of the molecule is COC(=O)c1cccc2[nH]cc(C[C@@H](C#N)C(=O)Nc3cccc4ncccc34)c12. The monoisotopic (exact) mass is 398 g/mol. The molecule has 2 heterocycles. The van der Waals surface area contributed by atoms with E-state index in [1.807, 2.05) is 18.2 Å². The number of ether oxygens (including phenoxy) is 1. The number of benzene rings is 2. The minimum atomic E-state index is -0.943. The van der Waals surface area contributed by atoms with Gasteiger partial charge in [0.2, 0.25) is 5.91 Å². The molecule has 0 spiro atoms. The van der Waals surface area contributed by atoms with E-state index in [0.29, 0.717) is 22.2 Å². The lowest BCUT2D eigenvalue weighted by Gasteiger charge is -2.12. The van der Waals surface area contributed by atoms with Crippen molar-refractivity contribution in [2.24, 2.45) is 5.92 Å². The molecule has 0 bridgehead atoms. The molecule has 4 aromatic rings. The lowest BCUT2D eigenvalue weighted by atomic mass is 9.97. The number of nitrogens with zero attached hydrogens (tertiary/aromatic N) is 2. The Bertz CT molecular complexity index is 1300. The third-order valence-electron chi connectivity index (χ3n) is 4.99. The molecule has 0 unspecified atom stereocenters. The van der Waals surface area contributed by atoms with Gasteiger partial charge in [-0.2, -0.15) is 5.26 Å². The van der Waals surface area contributed by atoms with Crippen LogP contribution in [0.1, 0.15) is 15.9 Å². The Morgan fingerprint density at radius 1 is 1.20 bits per heavy atom. The van der Waals surface area contributed by atoms with Crippen LogP contribution >= 0.6 is 0 Å². The number of pyridine rings is 1. The van der Waals surface area contributed by atoms with Crippen LogP contribution in [-0.4, -0.2) is 29.0 Å². The summed E-state index contributed by atoms with van der Waals surface area (Å²) in [7, 11) is 1.32. The van der Waals surface area contributed by atoms with E-state index in [0.717, 1.165) is 16.4 Å². The zero-order valence-electron chi connectivity index (χ0n) is 16.2. The zero-order valence-corrected chi connectivity index (χ0v) is 16.2. The summed E-state index contributed by atoms with van der Waals surface area (Å²) in [4.78, 5) is 32.4. The van der Waals surface area contributed by atoms with Gasteiger partial charge in [0.1, 0.15) is 5.92 Å². The molecule has 7 heteroatoms.